The maximum absolute atomic E-state index is 11.5. The Morgan fingerprint density at radius 3 is 2.73 bits per heavy atom. The lowest BCUT2D eigenvalue weighted by atomic mass is 9.80. The first kappa shape index (κ1) is 13.6. The van der Waals surface area contributed by atoms with Gasteiger partial charge in [0.25, 0.3) is 0 Å². The molecule has 3 unspecified atom stereocenters. The second-order valence-electron chi connectivity index (χ2n) is 5.98. The lowest BCUT2D eigenvalue weighted by Gasteiger charge is -2.39. The van der Waals surface area contributed by atoms with Crippen LogP contribution >= 0.6 is 11.6 Å². The van der Waals surface area contributed by atoms with Crippen molar-refractivity contribution in [3.63, 3.8) is 0 Å². The molecule has 2 aliphatic heterocycles. The number of halogens is 1. The quantitative estimate of drug-likeness (QED) is 0.849. The summed E-state index contributed by atoms with van der Waals surface area (Å²) < 4.78 is 0. The third-order valence-electron chi connectivity index (χ3n) is 4.87. The van der Waals surface area contributed by atoms with E-state index in [1.54, 1.807) is 0 Å². The molecule has 4 rings (SSSR count). The van der Waals surface area contributed by atoms with Crippen LogP contribution in [0.5, 0.6) is 0 Å². The predicted molar refractivity (Wildman–Crippen MR) is 87.9 cm³/mol. The van der Waals surface area contributed by atoms with E-state index in [1.165, 1.54) is 5.56 Å². The van der Waals surface area contributed by atoms with Crippen molar-refractivity contribution in [1.29, 1.82) is 0 Å². The number of nitrogens with one attached hydrogen (secondary N) is 1. The fraction of sp³-hybridized carbons (Fsp3) is 0.278. The van der Waals surface area contributed by atoms with Crippen molar-refractivity contribution >= 4 is 23.7 Å². The van der Waals surface area contributed by atoms with Crippen LogP contribution in [0.2, 0.25) is 5.02 Å². The van der Waals surface area contributed by atoms with Crippen molar-refractivity contribution in [1.82, 2.24) is 4.90 Å². The van der Waals surface area contributed by atoms with Gasteiger partial charge in [0.2, 0.25) is 6.41 Å². The summed E-state index contributed by atoms with van der Waals surface area (Å²) in [5, 5.41) is 4.34. The molecule has 3 nitrogen and oxygen atoms in total. The number of hydrogen-bond donors (Lipinski definition) is 1. The second-order valence-corrected chi connectivity index (χ2v) is 6.38. The summed E-state index contributed by atoms with van der Waals surface area (Å²) >= 11 is 6.41. The Hall–Kier alpha value is -2.00. The summed E-state index contributed by atoms with van der Waals surface area (Å²) in [5.41, 5.74) is 3.35. The highest BCUT2D eigenvalue weighted by Gasteiger charge is 2.44. The Kier molecular flexibility index (Phi) is 3.30. The number of nitrogens with zero attached hydrogens (tertiary/aromatic N) is 1. The fourth-order valence-electron chi connectivity index (χ4n) is 3.91. The number of likely N-dealkylation sites (tertiary alicyclic amines) is 1. The zero-order valence-corrected chi connectivity index (χ0v) is 12.8. The minimum absolute atomic E-state index is 0.109. The van der Waals surface area contributed by atoms with Gasteiger partial charge in [-0.2, -0.15) is 0 Å². The van der Waals surface area contributed by atoms with E-state index in [-0.39, 0.29) is 12.1 Å². The number of benzene rings is 2. The molecule has 1 amide bonds. The van der Waals surface area contributed by atoms with Crippen molar-refractivity contribution < 1.29 is 4.79 Å². The Balaban J connectivity index is 1.85. The molecule has 22 heavy (non-hydrogen) atoms. The van der Waals surface area contributed by atoms with E-state index >= 15 is 0 Å². The molecule has 2 aromatic carbocycles. The molecule has 2 aromatic rings. The maximum atomic E-state index is 11.5. The summed E-state index contributed by atoms with van der Waals surface area (Å²) in [4.78, 5) is 13.4. The first-order chi connectivity index (χ1) is 10.8. The highest BCUT2D eigenvalue weighted by molar-refractivity contribution is 6.33. The maximum Gasteiger partial charge on any atom is 0.210 e. The van der Waals surface area contributed by atoms with Crippen molar-refractivity contribution in [2.75, 3.05) is 11.9 Å². The van der Waals surface area contributed by atoms with E-state index < -0.39 is 0 Å². The van der Waals surface area contributed by atoms with Gasteiger partial charge in [-0.15, -0.1) is 0 Å². The average molecular weight is 313 g/mol. The van der Waals surface area contributed by atoms with Crippen LogP contribution in [-0.4, -0.2) is 17.9 Å². The van der Waals surface area contributed by atoms with E-state index in [9.17, 15) is 4.79 Å². The lowest BCUT2D eigenvalue weighted by molar-refractivity contribution is -0.119. The van der Waals surface area contributed by atoms with Crippen molar-refractivity contribution in [2.24, 2.45) is 5.92 Å². The fourth-order valence-corrected chi connectivity index (χ4v) is 4.15. The third kappa shape index (κ3) is 2.00. The molecular formula is C18H17ClN2O. The number of para-hydroxylation sites is 1. The molecule has 1 N–H and O–H groups in total. The van der Waals surface area contributed by atoms with Crippen molar-refractivity contribution in [2.45, 2.75) is 18.5 Å². The minimum Gasteiger partial charge on any atom is -0.376 e. The first-order valence-electron chi connectivity index (χ1n) is 7.60. The highest BCUT2D eigenvalue weighted by atomic mass is 35.5. The monoisotopic (exact) mass is 312 g/mol. The van der Waals surface area contributed by atoms with E-state index in [0.29, 0.717) is 5.92 Å². The highest BCUT2D eigenvalue weighted by Crippen LogP contribution is 2.52. The molecule has 3 atom stereocenters. The van der Waals surface area contributed by atoms with E-state index in [2.05, 4.69) is 35.6 Å². The summed E-state index contributed by atoms with van der Waals surface area (Å²) in [6.07, 6.45) is 1.98. The minimum atomic E-state index is 0.109. The van der Waals surface area contributed by atoms with Crippen molar-refractivity contribution in [3.05, 3.63) is 64.7 Å². The zero-order valence-electron chi connectivity index (χ0n) is 12.1. The predicted octanol–water partition coefficient (Wildman–Crippen LogP) is 4.03. The SMILES string of the molecule is O=CN1CCC2C(c3ccccc3)Nc3c(Cl)cccc3C21. The number of anilines is 1. The largest absolute Gasteiger partial charge is 0.376 e. The van der Waals surface area contributed by atoms with Gasteiger partial charge in [0.1, 0.15) is 0 Å². The molecule has 0 radical (unpaired) electrons. The van der Waals surface area contributed by atoms with Crippen LogP contribution in [0.15, 0.2) is 48.5 Å². The topological polar surface area (TPSA) is 32.3 Å². The van der Waals surface area contributed by atoms with Crippen LogP contribution < -0.4 is 5.32 Å². The van der Waals surface area contributed by atoms with E-state index in [0.717, 1.165) is 35.6 Å². The van der Waals surface area contributed by atoms with E-state index in [4.69, 9.17) is 11.6 Å². The molecular weight excluding hydrogens is 296 g/mol. The van der Waals surface area contributed by atoms with Gasteiger partial charge in [-0.25, -0.2) is 0 Å². The normalized spacial score (nSPS) is 26.0. The van der Waals surface area contributed by atoms with Crippen LogP contribution in [0.3, 0.4) is 0 Å². The lowest BCUT2D eigenvalue weighted by Crippen LogP contribution is -2.34. The van der Waals surface area contributed by atoms with Crippen LogP contribution in [-0.2, 0) is 4.79 Å². The molecule has 2 aliphatic rings. The third-order valence-corrected chi connectivity index (χ3v) is 5.19. The van der Waals surface area contributed by atoms with Gasteiger partial charge >= 0.3 is 0 Å². The number of carbonyl (C=O) groups excluding carboxylic acids is 1. The Morgan fingerprint density at radius 1 is 1.14 bits per heavy atom. The van der Waals surface area contributed by atoms with Gasteiger partial charge < -0.3 is 10.2 Å². The summed E-state index contributed by atoms with van der Waals surface area (Å²) in [5.74, 6) is 0.374. The number of hydrogen-bond acceptors (Lipinski definition) is 2. The summed E-state index contributed by atoms with van der Waals surface area (Å²) in [6, 6.07) is 16.6. The number of fused-ring (bicyclic) bond motifs is 3. The van der Waals surface area contributed by atoms with E-state index in [1.807, 2.05) is 23.1 Å². The molecule has 2 heterocycles. The Labute approximate surface area is 134 Å². The molecule has 0 saturated carbocycles. The molecule has 112 valence electrons. The van der Waals surface area contributed by atoms with Gasteiger partial charge in [-0.3, -0.25) is 4.79 Å². The summed E-state index contributed by atoms with van der Waals surface area (Å²) in [6.45, 7) is 0.801. The van der Waals surface area contributed by atoms with Gasteiger partial charge in [0.05, 0.1) is 22.8 Å². The van der Waals surface area contributed by atoms with Crippen LogP contribution in [0.25, 0.3) is 0 Å². The molecule has 0 aliphatic carbocycles. The van der Waals surface area contributed by atoms with Gasteiger partial charge in [-0.05, 0) is 23.6 Å². The van der Waals surface area contributed by atoms with Gasteiger partial charge in [0, 0.05) is 12.5 Å². The standard InChI is InChI=1S/C18H17ClN2O/c19-15-8-4-7-13-17(15)20-16(12-5-2-1-3-6-12)14-9-10-21(11-22)18(13)14/h1-8,11,14,16,18,20H,9-10H2. The van der Waals surface area contributed by atoms with Crippen LogP contribution in [0, 0.1) is 5.92 Å². The molecule has 0 aromatic heterocycles. The van der Waals surface area contributed by atoms with Gasteiger partial charge in [0.15, 0.2) is 0 Å². The van der Waals surface area contributed by atoms with Gasteiger partial charge in [-0.1, -0.05) is 54.1 Å². The summed E-state index contributed by atoms with van der Waals surface area (Å²) in [7, 11) is 0. The smallest absolute Gasteiger partial charge is 0.210 e. The average Bonchev–Trinajstić information content (AvgIpc) is 3.00. The molecule has 0 spiro atoms. The zero-order chi connectivity index (χ0) is 15.1. The van der Waals surface area contributed by atoms with Crippen molar-refractivity contribution in [3.8, 4) is 0 Å². The molecule has 4 heteroatoms. The molecule has 0 bridgehead atoms. The Morgan fingerprint density at radius 2 is 1.95 bits per heavy atom. The number of amides is 1. The molecule has 1 fully saturated rings. The molecule has 1 saturated heterocycles. The van der Waals surface area contributed by atoms with Crippen LogP contribution in [0.4, 0.5) is 5.69 Å². The number of carbonyl (C=O) groups is 1. The second kappa shape index (κ2) is 5.33. The van der Waals surface area contributed by atoms with Crippen LogP contribution in [0.1, 0.15) is 29.6 Å². The number of rotatable bonds is 2. The first-order valence-corrected chi connectivity index (χ1v) is 7.98. The Bertz CT molecular complexity index is 703.